The molecule has 3 aromatic rings. The monoisotopic (exact) mass is 561 g/mol. The number of halogens is 2. The Balaban J connectivity index is 1.52. The van der Waals surface area contributed by atoms with E-state index in [1.54, 1.807) is 4.90 Å². The number of rotatable bonds is 8. The van der Waals surface area contributed by atoms with Crippen LogP contribution in [0.2, 0.25) is 10.0 Å². The van der Waals surface area contributed by atoms with Crippen LogP contribution in [0.25, 0.3) is 0 Å². The molecule has 4 rings (SSSR count). The molecule has 1 fully saturated rings. The summed E-state index contributed by atoms with van der Waals surface area (Å²) in [6.45, 7) is 4.04. The lowest BCUT2D eigenvalue weighted by molar-refractivity contribution is -0.131. The number of benzene rings is 3. The fraction of sp³-hybridized carbons (Fsp3) is 0.296. The molecule has 1 amide bonds. The third-order valence-corrected chi connectivity index (χ3v) is 8.74. The Bertz CT molecular complexity index is 1360. The van der Waals surface area contributed by atoms with E-state index in [1.165, 1.54) is 29.6 Å². The quantitative estimate of drug-likeness (QED) is 0.393. The molecule has 1 heterocycles. The average molecular weight is 563 g/mol. The highest BCUT2D eigenvalue weighted by Crippen LogP contribution is 2.29. The van der Waals surface area contributed by atoms with Crippen LogP contribution in [0.1, 0.15) is 11.1 Å². The number of methoxy groups -OCH3 is 1. The summed E-state index contributed by atoms with van der Waals surface area (Å²) >= 11 is 12.4. The molecule has 0 N–H and O–H groups in total. The molecule has 7 nitrogen and oxygen atoms in total. The summed E-state index contributed by atoms with van der Waals surface area (Å²) < 4.78 is 33.7. The highest BCUT2D eigenvalue weighted by molar-refractivity contribution is 7.89. The molecule has 0 radical (unpaired) electrons. The zero-order chi connectivity index (χ0) is 26.6. The summed E-state index contributed by atoms with van der Waals surface area (Å²) in [6.07, 6.45) is 0. The lowest BCUT2D eigenvalue weighted by atomic mass is 10.1. The third kappa shape index (κ3) is 6.38. The van der Waals surface area contributed by atoms with Crippen molar-refractivity contribution in [2.75, 3.05) is 44.7 Å². The molecule has 0 saturated carbocycles. The van der Waals surface area contributed by atoms with Crippen LogP contribution in [-0.2, 0) is 21.4 Å². The minimum absolute atomic E-state index is 0.00304. The highest BCUT2D eigenvalue weighted by Gasteiger charge is 2.31. The molecule has 1 aliphatic heterocycles. The number of amides is 1. The first kappa shape index (κ1) is 27.3. The maximum atomic E-state index is 13.6. The number of sulfonamides is 1. The first-order valence-corrected chi connectivity index (χ1v) is 14.0. The van der Waals surface area contributed by atoms with E-state index in [4.69, 9.17) is 27.9 Å². The van der Waals surface area contributed by atoms with Crippen molar-refractivity contribution in [3.05, 3.63) is 87.9 Å². The topological polar surface area (TPSA) is 70.2 Å². The van der Waals surface area contributed by atoms with Crippen LogP contribution in [0.4, 0.5) is 5.69 Å². The SMILES string of the molecule is COc1ccc(S(=O)(=O)N(CC(=O)N2CCN(c3cc(Cl)ccc3C)CC2)Cc2ccccc2)cc1Cl. The van der Waals surface area contributed by atoms with Gasteiger partial charge in [-0.15, -0.1) is 0 Å². The Morgan fingerprint density at radius 1 is 0.973 bits per heavy atom. The van der Waals surface area contributed by atoms with Crippen LogP contribution in [0, 0.1) is 6.92 Å². The normalized spacial score (nSPS) is 14.2. The van der Waals surface area contributed by atoms with Crippen molar-refractivity contribution in [2.45, 2.75) is 18.4 Å². The molecule has 1 aliphatic rings. The standard InChI is InChI=1S/C27H29Cl2N3O4S/c1-20-8-9-22(28)16-25(20)30-12-14-31(15-13-30)27(33)19-32(18-21-6-4-3-5-7-21)37(34,35)23-10-11-26(36-2)24(29)17-23/h3-11,16-17H,12-15,18-19H2,1-2H3. The number of nitrogens with zero attached hydrogens (tertiary/aromatic N) is 3. The first-order valence-electron chi connectivity index (χ1n) is 11.9. The Morgan fingerprint density at radius 2 is 1.68 bits per heavy atom. The number of ether oxygens (including phenoxy) is 1. The second-order valence-corrected chi connectivity index (χ2v) is 11.6. The van der Waals surface area contributed by atoms with Crippen molar-refractivity contribution >= 4 is 44.8 Å². The van der Waals surface area contributed by atoms with Crippen molar-refractivity contribution in [3.63, 3.8) is 0 Å². The van der Waals surface area contributed by atoms with Gasteiger partial charge in [0.25, 0.3) is 0 Å². The minimum Gasteiger partial charge on any atom is -0.495 e. The Labute approximate surface area is 228 Å². The van der Waals surface area contributed by atoms with Crippen LogP contribution in [0.15, 0.2) is 71.6 Å². The minimum atomic E-state index is -4.02. The molecule has 1 saturated heterocycles. The smallest absolute Gasteiger partial charge is 0.243 e. The van der Waals surface area contributed by atoms with Gasteiger partial charge in [0.2, 0.25) is 15.9 Å². The van der Waals surface area contributed by atoms with E-state index in [-0.39, 0.29) is 28.9 Å². The summed E-state index contributed by atoms with van der Waals surface area (Å²) in [5.41, 5.74) is 2.94. The van der Waals surface area contributed by atoms with Crippen LogP contribution in [-0.4, -0.2) is 63.4 Å². The largest absolute Gasteiger partial charge is 0.495 e. The maximum absolute atomic E-state index is 13.6. The lowest BCUT2D eigenvalue weighted by Gasteiger charge is -2.37. The van der Waals surface area contributed by atoms with E-state index in [0.29, 0.717) is 37.0 Å². The predicted molar refractivity (Wildman–Crippen MR) is 147 cm³/mol. The van der Waals surface area contributed by atoms with Gasteiger partial charge in [-0.05, 0) is 48.4 Å². The molecule has 0 unspecified atom stereocenters. The second kappa shape index (κ2) is 11.7. The fourth-order valence-electron chi connectivity index (χ4n) is 4.34. The third-order valence-electron chi connectivity index (χ3n) is 6.42. The molecule has 3 aromatic carbocycles. The van der Waals surface area contributed by atoms with Gasteiger partial charge in [-0.25, -0.2) is 8.42 Å². The van der Waals surface area contributed by atoms with Crippen molar-refractivity contribution < 1.29 is 17.9 Å². The summed E-state index contributed by atoms with van der Waals surface area (Å²) in [4.78, 5) is 17.3. The molecule has 0 atom stereocenters. The number of carbonyl (C=O) groups excluding carboxylic acids is 1. The number of hydrogen-bond donors (Lipinski definition) is 0. The Morgan fingerprint density at radius 3 is 2.32 bits per heavy atom. The van der Waals surface area contributed by atoms with Crippen LogP contribution in [0.3, 0.4) is 0 Å². The molecular weight excluding hydrogens is 533 g/mol. The number of anilines is 1. The van der Waals surface area contributed by atoms with Crippen molar-refractivity contribution in [2.24, 2.45) is 0 Å². The number of carbonyl (C=O) groups is 1. The van der Waals surface area contributed by atoms with E-state index in [9.17, 15) is 13.2 Å². The van der Waals surface area contributed by atoms with E-state index in [1.807, 2.05) is 55.5 Å². The van der Waals surface area contributed by atoms with Crippen LogP contribution >= 0.6 is 23.2 Å². The van der Waals surface area contributed by atoms with Gasteiger partial charge in [0, 0.05) is 43.4 Å². The maximum Gasteiger partial charge on any atom is 0.243 e. The Hall–Kier alpha value is -2.78. The summed E-state index contributed by atoms with van der Waals surface area (Å²) in [5, 5.41) is 0.849. The molecule has 37 heavy (non-hydrogen) atoms. The molecule has 0 aromatic heterocycles. The van der Waals surface area contributed by atoms with Crippen LogP contribution in [0.5, 0.6) is 5.75 Å². The number of hydrogen-bond acceptors (Lipinski definition) is 5. The predicted octanol–water partition coefficient (Wildman–Crippen LogP) is 4.85. The van der Waals surface area contributed by atoms with Gasteiger partial charge < -0.3 is 14.5 Å². The number of piperazine rings is 1. The fourth-order valence-corrected chi connectivity index (χ4v) is 6.23. The van der Waals surface area contributed by atoms with Gasteiger partial charge in [-0.2, -0.15) is 4.31 Å². The lowest BCUT2D eigenvalue weighted by Crippen LogP contribution is -2.51. The van der Waals surface area contributed by atoms with Gasteiger partial charge in [-0.1, -0.05) is 59.6 Å². The van der Waals surface area contributed by atoms with Gasteiger partial charge in [0.1, 0.15) is 5.75 Å². The molecular formula is C27H29Cl2N3O4S. The molecule has 0 spiro atoms. The zero-order valence-corrected chi connectivity index (χ0v) is 23.1. The molecule has 0 bridgehead atoms. The number of aryl methyl sites for hydroxylation is 1. The Kier molecular flexibility index (Phi) is 8.64. The van der Waals surface area contributed by atoms with Gasteiger partial charge >= 0.3 is 0 Å². The van der Waals surface area contributed by atoms with Crippen LogP contribution < -0.4 is 9.64 Å². The zero-order valence-electron chi connectivity index (χ0n) is 20.7. The van der Waals surface area contributed by atoms with Crippen molar-refractivity contribution in [1.29, 1.82) is 0 Å². The van der Waals surface area contributed by atoms with Crippen molar-refractivity contribution in [1.82, 2.24) is 9.21 Å². The van der Waals surface area contributed by atoms with E-state index in [2.05, 4.69) is 4.90 Å². The van der Waals surface area contributed by atoms with Gasteiger partial charge in [0.15, 0.2) is 0 Å². The van der Waals surface area contributed by atoms with Gasteiger partial charge in [0.05, 0.1) is 23.6 Å². The summed E-state index contributed by atoms with van der Waals surface area (Å²) in [6, 6.07) is 19.3. The molecule has 10 heteroatoms. The second-order valence-electron chi connectivity index (χ2n) is 8.85. The van der Waals surface area contributed by atoms with E-state index in [0.717, 1.165) is 16.8 Å². The summed E-state index contributed by atoms with van der Waals surface area (Å²) in [7, 11) is -2.56. The van der Waals surface area contributed by atoms with E-state index < -0.39 is 10.0 Å². The average Bonchev–Trinajstić information content (AvgIpc) is 2.90. The summed E-state index contributed by atoms with van der Waals surface area (Å²) in [5.74, 6) is 0.126. The van der Waals surface area contributed by atoms with Crippen molar-refractivity contribution in [3.8, 4) is 5.75 Å². The van der Waals surface area contributed by atoms with Gasteiger partial charge in [-0.3, -0.25) is 4.79 Å². The van der Waals surface area contributed by atoms with E-state index >= 15 is 0 Å². The molecule has 0 aliphatic carbocycles. The molecule has 196 valence electrons. The first-order chi connectivity index (χ1) is 17.7. The highest BCUT2D eigenvalue weighted by atomic mass is 35.5.